The fourth-order valence-electron chi connectivity index (χ4n) is 4.27. The van der Waals surface area contributed by atoms with E-state index in [0.717, 1.165) is 28.9 Å². The van der Waals surface area contributed by atoms with Crippen LogP contribution in [0.1, 0.15) is 24.9 Å². The van der Waals surface area contributed by atoms with E-state index in [2.05, 4.69) is 27.2 Å². The highest BCUT2D eigenvalue weighted by molar-refractivity contribution is 6.35. The van der Waals surface area contributed by atoms with Crippen LogP contribution in [0.5, 0.6) is 0 Å². The summed E-state index contributed by atoms with van der Waals surface area (Å²) in [7, 11) is 0. The molecule has 3 aromatic heterocycles. The van der Waals surface area contributed by atoms with Crippen LogP contribution in [0.25, 0.3) is 27.7 Å². The van der Waals surface area contributed by atoms with Crippen LogP contribution in [-0.4, -0.2) is 30.5 Å². The normalized spacial score (nSPS) is 12.0. The predicted molar refractivity (Wildman–Crippen MR) is 148 cm³/mol. The Bertz CT molecular complexity index is 1620. The first-order chi connectivity index (χ1) is 17.9. The first kappa shape index (κ1) is 24.4. The Balaban J connectivity index is 1.58. The number of fused-ring (bicyclic) bond motifs is 1. The molecule has 0 aliphatic carbocycles. The highest BCUT2D eigenvalue weighted by atomic mass is 35.5. The molecule has 8 nitrogen and oxygen atoms in total. The van der Waals surface area contributed by atoms with Crippen LogP contribution in [0.15, 0.2) is 77.9 Å². The molecule has 1 atom stereocenters. The van der Waals surface area contributed by atoms with Crippen LogP contribution in [0.2, 0.25) is 5.02 Å². The summed E-state index contributed by atoms with van der Waals surface area (Å²) in [5.74, 6) is 1.38. The molecule has 0 spiro atoms. The van der Waals surface area contributed by atoms with Gasteiger partial charge in [-0.1, -0.05) is 48.9 Å². The van der Waals surface area contributed by atoms with E-state index in [4.69, 9.17) is 22.3 Å². The van der Waals surface area contributed by atoms with Gasteiger partial charge < -0.3 is 11.1 Å². The number of rotatable bonds is 7. The van der Waals surface area contributed by atoms with Crippen molar-refractivity contribution in [1.82, 2.24) is 24.5 Å². The fourth-order valence-corrected chi connectivity index (χ4v) is 4.52. The molecule has 5 rings (SSSR count). The molecule has 0 saturated carbocycles. The average molecular weight is 512 g/mol. The molecular weight excluding hydrogens is 486 g/mol. The summed E-state index contributed by atoms with van der Waals surface area (Å²) in [5, 5.41) is 4.29. The van der Waals surface area contributed by atoms with Crippen molar-refractivity contribution in [3.63, 3.8) is 0 Å². The van der Waals surface area contributed by atoms with Crippen molar-refractivity contribution in [2.75, 3.05) is 11.1 Å². The van der Waals surface area contributed by atoms with Crippen LogP contribution in [0.4, 0.5) is 11.8 Å². The average Bonchev–Trinajstić information content (AvgIpc) is 2.89. The van der Waals surface area contributed by atoms with Gasteiger partial charge in [0.2, 0.25) is 5.95 Å². The molecule has 3 heterocycles. The molecule has 5 aromatic rings. The van der Waals surface area contributed by atoms with Gasteiger partial charge in [-0.25, -0.2) is 9.97 Å². The minimum Gasteiger partial charge on any atom is -0.368 e. The number of hydrogen-bond donors (Lipinski definition) is 2. The van der Waals surface area contributed by atoms with E-state index in [1.54, 1.807) is 29.1 Å². The topological polar surface area (TPSA) is 112 Å². The molecule has 0 amide bonds. The second-order valence-electron chi connectivity index (χ2n) is 8.77. The zero-order valence-corrected chi connectivity index (χ0v) is 21.3. The van der Waals surface area contributed by atoms with Crippen LogP contribution >= 0.6 is 11.6 Å². The number of aromatic nitrogens is 5. The minimum absolute atomic E-state index is 0.107. The van der Waals surface area contributed by atoms with Crippen molar-refractivity contribution in [3.8, 4) is 16.8 Å². The van der Waals surface area contributed by atoms with E-state index in [1.165, 1.54) is 0 Å². The van der Waals surface area contributed by atoms with Crippen LogP contribution < -0.4 is 16.6 Å². The Kier molecular flexibility index (Phi) is 6.83. The number of nitrogens with zero attached hydrogens (tertiary/aromatic N) is 5. The first-order valence-electron chi connectivity index (χ1n) is 12.0. The third kappa shape index (κ3) is 5.01. The maximum absolute atomic E-state index is 13.7. The molecule has 186 valence electrons. The number of aryl methyl sites for hydroxylation is 1. The maximum atomic E-state index is 13.7. The van der Waals surface area contributed by atoms with E-state index in [0.29, 0.717) is 34.0 Å². The van der Waals surface area contributed by atoms with Gasteiger partial charge in [0.15, 0.2) is 0 Å². The number of para-hydroxylation sites is 1. The predicted octanol–water partition coefficient (Wildman–Crippen LogP) is 5.21. The molecule has 9 heteroatoms. The lowest BCUT2D eigenvalue weighted by Gasteiger charge is -2.22. The standard InChI is InChI=1S/C28H26ClN7O/c1-3-19(33-26-21(16-32-28(30)35-26)18-13-12-17(2)31-15-18)14-24-34-23-11-7-10-22(29)25(23)27(37)36(24)20-8-5-4-6-9-20/h4-13,15-16,19H,3,14H2,1-2H3,(H3,30,32,33,35). The van der Waals surface area contributed by atoms with E-state index in [-0.39, 0.29) is 17.5 Å². The van der Waals surface area contributed by atoms with Gasteiger partial charge in [0.25, 0.3) is 5.56 Å². The molecule has 0 aliphatic heterocycles. The van der Waals surface area contributed by atoms with Crippen molar-refractivity contribution >= 4 is 34.3 Å². The lowest BCUT2D eigenvalue weighted by molar-refractivity contribution is 0.645. The van der Waals surface area contributed by atoms with Gasteiger partial charge in [0.05, 0.1) is 21.6 Å². The number of nitrogens with two attached hydrogens (primary N) is 1. The smallest absolute Gasteiger partial charge is 0.267 e. The largest absolute Gasteiger partial charge is 0.368 e. The lowest BCUT2D eigenvalue weighted by atomic mass is 10.1. The van der Waals surface area contributed by atoms with Gasteiger partial charge in [-0.05, 0) is 43.7 Å². The van der Waals surface area contributed by atoms with E-state index in [1.807, 2.05) is 55.5 Å². The number of benzene rings is 2. The summed E-state index contributed by atoms with van der Waals surface area (Å²) < 4.78 is 1.64. The molecule has 0 bridgehead atoms. The highest BCUT2D eigenvalue weighted by Gasteiger charge is 2.20. The van der Waals surface area contributed by atoms with Gasteiger partial charge in [-0.2, -0.15) is 4.98 Å². The lowest BCUT2D eigenvalue weighted by Crippen LogP contribution is -2.30. The molecule has 0 saturated heterocycles. The fraction of sp³-hybridized carbons (Fsp3) is 0.179. The second-order valence-corrected chi connectivity index (χ2v) is 9.18. The Labute approximate surface area is 219 Å². The van der Waals surface area contributed by atoms with Crippen molar-refractivity contribution in [2.24, 2.45) is 0 Å². The summed E-state index contributed by atoms with van der Waals surface area (Å²) in [6.45, 7) is 4.00. The Hall–Kier alpha value is -4.30. The summed E-state index contributed by atoms with van der Waals surface area (Å²) in [4.78, 5) is 31.6. The van der Waals surface area contributed by atoms with Gasteiger partial charge >= 0.3 is 0 Å². The van der Waals surface area contributed by atoms with Crippen molar-refractivity contribution in [2.45, 2.75) is 32.7 Å². The summed E-state index contributed by atoms with van der Waals surface area (Å²) >= 11 is 6.42. The van der Waals surface area contributed by atoms with Gasteiger partial charge in [0, 0.05) is 41.7 Å². The zero-order chi connectivity index (χ0) is 25.9. The van der Waals surface area contributed by atoms with E-state index < -0.39 is 0 Å². The third-order valence-electron chi connectivity index (χ3n) is 6.22. The molecule has 3 N–H and O–H groups in total. The monoisotopic (exact) mass is 511 g/mol. The number of nitrogens with one attached hydrogen (secondary N) is 1. The quantitative estimate of drug-likeness (QED) is 0.308. The summed E-state index contributed by atoms with van der Waals surface area (Å²) in [6, 6.07) is 18.6. The molecule has 37 heavy (non-hydrogen) atoms. The van der Waals surface area contributed by atoms with Crippen LogP contribution in [0, 0.1) is 6.92 Å². The first-order valence-corrected chi connectivity index (χ1v) is 12.4. The Morgan fingerprint density at radius 1 is 1.00 bits per heavy atom. The van der Waals surface area contributed by atoms with Gasteiger partial charge in [0.1, 0.15) is 11.6 Å². The number of anilines is 2. The van der Waals surface area contributed by atoms with Crippen LogP contribution in [-0.2, 0) is 6.42 Å². The third-order valence-corrected chi connectivity index (χ3v) is 6.54. The van der Waals surface area contributed by atoms with Crippen molar-refractivity contribution < 1.29 is 0 Å². The Morgan fingerprint density at radius 2 is 1.81 bits per heavy atom. The van der Waals surface area contributed by atoms with E-state index >= 15 is 0 Å². The molecule has 2 aromatic carbocycles. The molecule has 0 fully saturated rings. The second kappa shape index (κ2) is 10.4. The van der Waals surface area contributed by atoms with Crippen LogP contribution in [0.3, 0.4) is 0 Å². The molecule has 0 aliphatic rings. The highest BCUT2D eigenvalue weighted by Crippen LogP contribution is 2.28. The number of hydrogen-bond acceptors (Lipinski definition) is 7. The minimum atomic E-state index is -0.204. The van der Waals surface area contributed by atoms with Gasteiger partial charge in [-0.15, -0.1) is 0 Å². The Morgan fingerprint density at radius 3 is 2.54 bits per heavy atom. The zero-order valence-electron chi connectivity index (χ0n) is 20.5. The molecular formula is C28H26ClN7O. The number of halogens is 1. The number of nitrogen functional groups attached to an aromatic ring is 1. The van der Waals surface area contributed by atoms with Gasteiger partial charge in [-0.3, -0.25) is 14.3 Å². The SMILES string of the molecule is CCC(Cc1nc2cccc(Cl)c2c(=O)n1-c1ccccc1)Nc1nc(N)ncc1-c1ccc(C)nc1. The summed E-state index contributed by atoms with van der Waals surface area (Å²) in [6.07, 6.45) is 4.68. The van der Waals surface area contributed by atoms with Crippen molar-refractivity contribution in [1.29, 1.82) is 0 Å². The summed E-state index contributed by atoms with van der Waals surface area (Å²) in [5.41, 5.74) is 9.62. The number of pyridine rings is 1. The molecule has 1 unspecified atom stereocenters. The van der Waals surface area contributed by atoms with Crippen molar-refractivity contribution in [3.05, 3.63) is 100.0 Å². The van der Waals surface area contributed by atoms with E-state index in [9.17, 15) is 4.79 Å². The molecule has 0 radical (unpaired) electrons. The maximum Gasteiger partial charge on any atom is 0.267 e.